The Labute approximate surface area is 138 Å². The van der Waals surface area contributed by atoms with Crippen LogP contribution in [-0.4, -0.2) is 43.7 Å². The maximum atomic E-state index is 12.9. The van der Waals surface area contributed by atoms with Gasteiger partial charge in [-0.05, 0) is 25.3 Å². The van der Waals surface area contributed by atoms with Crippen LogP contribution in [0.4, 0.5) is 0 Å². The van der Waals surface area contributed by atoms with E-state index in [1.165, 1.54) is 0 Å². The van der Waals surface area contributed by atoms with Gasteiger partial charge >= 0.3 is 0 Å². The smallest absolute Gasteiger partial charge is 0.252 e. The summed E-state index contributed by atoms with van der Waals surface area (Å²) < 4.78 is 11.9. The first-order valence-corrected chi connectivity index (χ1v) is 8.55. The highest BCUT2D eigenvalue weighted by molar-refractivity contribution is 5.83. The van der Waals surface area contributed by atoms with E-state index in [4.69, 9.17) is 9.47 Å². The fourth-order valence-electron chi connectivity index (χ4n) is 4.16. The fourth-order valence-corrected chi connectivity index (χ4v) is 4.16. The van der Waals surface area contributed by atoms with Crippen LogP contribution in [0.15, 0.2) is 30.3 Å². The number of likely N-dealkylation sites (N-methyl/N-ethyl adjacent to an activating group) is 1. The van der Waals surface area contributed by atoms with Gasteiger partial charge in [0.2, 0.25) is 0 Å². The Hall–Kier alpha value is -1.39. The molecule has 126 valence electrons. The molecule has 3 atom stereocenters. The van der Waals surface area contributed by atoms with Gasteiger partial charge in [0.1, 0.15) is 12.2 Å². The number of methoxy groups -OCH3 is 1. The van der Waals surface area contributed by atoms with Crippen LogP contribution in [-0.2, 0) is 14.3 Å². The lowest BCUT2D eigenvalue weighted by atomic mass is 9.78. The van der Waals surface area contributed by atoms with Gasteiger partial charge in [-0.15, -0.1) is 0 Å². The summed E-state index contributed by atoms with van der Waals surface area (Å²) >= 11 is 0. The van der Waals surface area contributed by atoms with Crippen molar-refractivity contribution >= 4 is 5.91 Å². The Bertz CT molecular complexity index is 539. The third-order valence-electron chi connectivity index (χ3n) is 5.62. The van der Waals surface area contributed by atoms with E-state index in [-0.39, 0.29) is 23.5 Å². The number of carbonyl (C=O) groups excluding carboxylic acids is 1. The Morgan fingerprint density at radius 2 is 1.91 bits per heavy atom. The molecule has 3 rings (SSSR count). The van der Waals surface area contributed by atoms with E-state index in [1.807, 2.05) is 30.1 Å². The number of benzene rings is 1. The molecule has 2 fully saturated rings. The van der Waals surface area contributed by atoms with E-state index >= 15 is 0 Å². The Kier molecular flexibility index (Phi) is 4.74. The van der Waals surface area contributed by atoms with Crippen LogP contribution in [0.5, 0.6) is 0 Å². The number of ether oxygens (including phenoxy) is 2. The number of amides is 1. The fraction of sp³-hybridized carbons (Fsp3) is 0.632. The lowest BCUT2D eigenvalue weighted by Crippen LogP contribution is -2.58. The molecule has 1 aromatic carbocycles. The molecular formula is C19H27NO3. The van der Waals surface area contributed by atoms with Crippen molar-refractivity contribution in [1.29, 1.82) is 0 Å². The average molecular weight is 317 g/mol. The number of rotatable bonds is 4. The first-order chi connectivity index (χ1) is 11.1. The summed E-state index contributed by atoms with van der Waals surface area (Å²) in [5, 5.41) is 0. The number of morpholine rings is 1. The van der Waals surface area contributed by atoms with Gasteiger partial charge in [-0.2, -0.15) is 0 Å². The lowest BCUT2D eigenvalue weighted by molar-refractivity contribution is -0.191. The standard InChI is InChI=1S/C19H27NO3/c1-14-16(15-9-5-4-6-10-15)23-17(18(21)20(14)2)19(13-22-3)11-7-8-12-19/h4-6,9-10,14,16-17H,7-8,11-13H2,1-3H3/t14-,16-,17+/m0/s1. The third kappa shape index (κ3) is 2.90. The molecule has 23 heavy (non-hydrogen) atoms. The summed E-state index contributed by atoms with van der Waals surface area (Å²) in [4.78, 5) is 14.8. The summed E-state index contributed by atoms with van der Waals surface area (Å²) in [6, 6.07) is 10.3. The SMILES string of the molecule is COCC1([C@@H]2O[C@H](c3ccccc3)[C@H](C)N(C)C2=O)CCCC1. The van der Waals surface area contributed by atoms with Crippen LogP contribution in [0, 0.1) is 5.41 Å². The molecule has 0 unspecified atom stereocenters. The van der Waals surface area contributed by atoms with Gasteiger partial charge in [-0.3, -0.25) is 4.79 Å². The van der Waals surface area contributed by atoms with Gasteiger partial charge in [0.05, 0.1) is 12.6 Å². The number of nitrogens with zero attached hydrogens (tertiary/aromatic N) is 1. The van der Waals surface area contributed by atoms with Crippen LogP contribution >= 0.6 is 0 Å². The van der Waals surface area contributed by atoms with Gasteiger partial charge in [0.25, 0.3) is 5.91 Å². The van der Waals surface area contributed by atoms with Crippen LogP contribution in [0.3, 0.4) is 0 Å². The summed E-state index contributed by atoms with van der Waals surface area (Å²) in [5.41, 5.74) is 0.961. The zero-order valence-electron chi connectivity index (χ0n) is 14.3. The van der Waals surface area contributed by atoms with E-state index in [2.05, 4.69) is 19.1 Å². The quantitative estimate of drug-likeness (QED) is 0.856. The van der Waals surface area contributed by atoms with Gasteiger partial charge in [-0.25, -0.2) is 0 Å². The van der Waals surface area contributed by atoms with Crippen LogP contribution in [0.2, 0.25) is 0 Å². The largest absolute Gasteiger partial charge is 0.384 e. The van der Waals surface area contributed by atoms with Crippen molar-refractivity contribution in [3.05, 3.63) is 35.9 Å². The molecule has 1 saturated carbocycles. The maximum absolute atomic E-state index is 12.9. The second-order valence-electron chi connectivity index (χ2n) is 7.04. The first kappa shape index (κ1) is 16.5. The van der Waals surface area contributed by atoms with Crippen molar-refractivity contribution in [1.82, 2.24) is 4.90 Å². The van der Waals surface area contributed by atoms with Crippen molar-refractivity contribution in [3.63, 3.8) is 0 Å². The zero-order chi connectivity index (χ0) is 16.4. The topological polar surface area (TPSA) is 38.8 Å². The van der Waals surface area contributed by atoms with Crippen molar-refractivity contribution < 1.29 is 14.3 Å². The Morgan fingerprint density at radius 3 is 2.52 bits per heavy atom. The summed E-state index contributed by atoms with van der Waals surface area (Å²) in [6.07, 6.45) is 3.80. The molecule has 4 nitrogen and oxygen atoms in total. The van der Waals surface area contributed by atoms with Crippen molar-refractivity contribution in [3.8, 4) is 0 Å². The van der Waals surface area contributed by atoms with Gasteiger partial charge in [-0.1, -0.05) is 43.2 Å². The monoisotopic (exact) mass is 317 g/mol. The van der Waals surface area contributed by atoms with Crippen LogP contribution in [0.1, 0.15) is 44.3 Å². The minimum absolute atomic E-state index is 0.0298. The van der Waals surface area contributed by atoms with Crippen molar-refractivity contribution in [2.45, 2.75) is 50.9 Å². The predicted octanol–water partition coefficient (Wildman–Crippen LogP) is 3.18. The predicted molar refractivity (Wildman–Crippen MR) is 89.1 cm³/mol. The number of carbonyl (C=O) groups is 1. The maximum Gasteiger partial charge on any atom is 0.252 e. The minimum Gasteiger partial charge on any atom is -0.384 e. The van der Waals surface area contributed by atoms with Crippen molar-refractivity contribution in [2.24, 2.45) is 5.41 Å². The van der Waals surface area contributed by atoms with E-state index in [0.29, 0.717) is 6.61 Å². The average Bonchev–Trinajstić information content (AvgIpc) is 3.03. The van der Waals surface area contributed by atoms with Crippen LogP contribution in [0.25, 0.3) is 0 Å². The summed E-state index contributed by atoms with van der Waals surface area (Å²) in [5.74, 6) is 0.101. The lowest BCUT2D eigenvalue weighted by Gasteiger charge is -2.47. The third-order valence-corrected chi connectivity index (χ3v) is 5.62. The van der Waals surface area contributed by atoms with Crippen molar-refractivity contribution in [2.75, 3.05) is 20.8 Å². The second kappa shape index (κ2) is 6.62. The zero-order valence-corrected chi connectivity index (χ0v) is 14.3. The molecule has 1 heterocycles. The van der Waals surface area contributed by atoms with Gasteiger partial charge < -0.3 is 14.4 Å². The Morgan fingerprint density at radius 1 is 1.26 bits per heavy atom. The molecule has 0 N–H and O–H groups in total. The molecule has 1 aliphatic heterocycles. The highest BCUT2D eigenvalue weighted by Gasteiger charge is 2.51. The first-order valence-electron chi connectivity index (χ1n) is 8.55. The molecule has 2 aliphatic rings. The second-order valence-corrected chi connectivity index (χ2v) is 7.04. The van der Waals surface area contributed by atoms with E-state index < -0.39 is 6.10 Å². The number of hydrogen-bond acceptors (Lipinski definition) is 3. The normalized spacial score (nSPS) is 30.7. The molecule has 0 radical (unpaired) electrons. The van der Waals surface area contributed by atoms with E-state index in [1.54, 1.807) is 7.11 Å². The number of hydrogen-bond donors (Lipinski definition) is 0. The molecule has 0 bridgehead atoms. The molecule has 1 amide bonds. The summed E-state index contributed by atoms with van der Waals surface area (Å²) in [6.45, 7) is 2.65. The molecule has 0 spiro atoms. The minimum atomic E-state index is -0.406. The highest BCUT2D eigenvalue weighted by atomic mass is 16.5. The van der Waals surface area contributed by atoms with E-state index in [0.717, 1.165) is 31.2 Å². The Balaban J connectivity index is 1.92. The summed E-state index contributed by atoms with van der Waals surface area (Å²) in [7, 11) is 3.61. The highest BCUT2D eigenvalue weighted by Crippen LogP contribution is 2.47. The van der Waals surface area contributed by atoms with E-state index in [9.17, 15) is 4.79 Å². The molecule has 4 heteroatoms. The molecule has 1 aliphatic carbocycles. The van der Waals surface area contributed by atoms with Gasteiger partial charge in [0.15, 0.2) is 0 Å². The van der Waals surface area contributed by atoms with Gasteiger partial charge in [0, 0.05) is 19.6 Å². The molecular weight excluding hydrogens is 290 g/mol. The van der Waals surface area contributed by atoms with Crippen LogP contribution < -0.4 is 0 Å². The molecule has 1 aromatic rings. The molecule has 1 saturated heterocycles. The molecule has 0 aromatic heterocycles.